The summed E-state index contributed by atoms with van der Waals surface area (Å²) < 4.78 is 5.58. The third kappa shape index (κ3) is 3.89. The fourth-order valence-electron chi connectivity index (χ4n) is 1.48. The first-order valence-electron chi connectivity index (χ1n) is 4.87. The molecule has 1 saturated heterocycles. The molecule has 76 valence electrons. The predicted octanol–water partition coefficient (Wildman–Crippen LogP) is 1.60. The largest absolute Gasteiger partial charge is 0.373 e. The number of morpholine rings is 1. The lowest BCUT2D eigenvalue weighted by atomic mass is 10.3. The van der Waals surface area contributed by atoms with E-state index in [4.69, 9.17) is 9.57 Å². The summed E-state index contributed by atoms with van der Waals surface area (Å²) in [6.45, 7) is 8.52. The summed E-state index contributed by atoms with van der Waals surface area (Å²) in [6, 6.07) is 0. The molecule has 0 aromatic heterocycles. The molecule has 1 aliphatic heterocycles. The first kappa shape index (κ1) is 10.7. The van der Waals surface area contributed by atoms with E-state index >= 15 is 0 Å². The topological polar surface area (TPSA) is 21.7 Å². The molecule has 1 rings (SSSR count). The molecule has 2 atom stereocenters. The van der Waals surface area contributed by atoms with E-state index in [9.17, 15) is 0 Å². The van der Waals surface area contributed by atoms with E-state index in [1.807, 2.05) is 24.1 Å². The van der Waals surface area contributed by atoms with Crippen molar-refractivity contribution in [1.82, 2.24) is 5.06 Å². The van der Waals surface area contributed by atoms with Gasteiger partial charge in [-0.1, -0.05) is 12.2 Å². The summed E-state index contributed by atoms with van der Waals surface area (Å²) in [6.07, 6.45) is 4.54. The second-order valence-electron chi connectivity index (χ2n) is 3.47. The summed E-state index contributed by atoms with van der Waals surface area (Å²) in [7, 11) is 0. The average Bonchev–Trinajstić information content (AvgIpc) is 2.03. The molecule has 0 aromatic rings. The fourth-order valence-corrected chi connectivity index (χ4v) is 1.48. The van der Waals surface area contributed by atoms with Crippen LogP contribution in [0.25, 0.3) is 0 Å². The number of nitrogens with zero attached hydrogens (tertiary/aromatic N) is 1. The maximum atomic E-state index is 5.58. The highest BCUT2D eigenvalue weighted by molar-refractivity contribution is 4.76. The van der Waals surface area contributed by atoms with Gasteiger partial charge in [0.05, 0.1) is 31.9 Å². The monoisotopic (exact) mass is 185 g/mol. The van der Waals surface area contributed by atoms with Crippen LogP contribution >= 0.6 is 0 Å². The van der Waals surface area contributed by atoms with Gasteiger partial charge in [0.15, 0.2) is 0 Å². The molecule has 0 spiro atoms. The second-order valence-corrected chi connectivity index (χ2v) is 3.47. The van der Waals surface area contributed by atoms with E-state index in [0.717, 1.165) is 13.1 Å². The molecule has 1 heterocycles. The number of allylic oxidation sites excluding steroid dienone is 1. The van der Waals surface area contributed by atoms with Crippen molar-refractivity contribution < 1.29 is 9.57 Å². The molecule has 3 nitrogen and oxygen atoms in total. The molecule has 0 N–H and O–H groups in total. The number of ether oxygens (including phenoxy) is 1. The molecule has 2 unspecified atom stereocenters. The van der Waals surface area contributed by atoms with Gasteiger partial charge in [0, 0.05) is 0 Å². The van der Waals surface area contributed by atoms with E-state index in [0.29, 0.717) is 6.61 Å². The van der Waals surface area contributed by atoms with Gasteiger partial charge in [-0.25, -0.2) is 0 Å². The second kappa shape index (κ2) is 5.37. The Labute approximate surface area is 80.3 Å². The van der Waals surface area contributed by atoms with Gasteiger partial charge in [-0.3, -0.25) is 4.84 Å². The Bertz CT molecular complexity index is 160. The predicted molar refractivity (Wildman–Crippen MR) is 52.3 cm³/mol. The summed E-state index contributed by atoms with van der Waals surface area (Å²) in [5, 5.41) is 1.98. The SMILES string of the molecule is CC=CCON1CC(C)OC(C)C1. The van der Waals surface area contributed by atoms with E-state index in [1.165, 1.54) is 0 Å². The van der Waals surface area contributed by atoms with Gasteiger partial charge in [-0.15, -0.1) is 0 Å². The Morgan fingerprint density at radius 1 is 1.38 bits per heavy atom. The molecular formula is C10H19NO2. The maximum absolute atomic E-state index is 5.58. The highest BCUT2D eigenvalue weighted by Gasteiger charge is 2.22. The van der Waals surface area contributed by atoms with Crippen molar-refractivity contribution in [3.63, 3.8) is 0 Å². The summed E-state index contributed by atoms with van der Waals surface area (Å²) in [4.78, 5) is 5.53. The Hall–Kier alpha value is -0.380. The van der Waals surface area contributed by atoms with Crippen molar-refractivity contribution in [2.45, 2.75) is 33.0 Å². The van der Waals surface area contributed by atoms with Crippen LogP contribution in [0, 0.1) is 0 Å². The molecule has 13 heavy (non-hydrogen) atoms. The van der Waals surface area contributed by atoms with Crippen molar-refractivity contribution in [3.05, 3.63) is 12.2 Å². The van der Waals surface area contributed by atoms with Crippen molar-refractivity contribution in [3.8, 4) is 0 Å². The van der Waals surface area contributed by atoms with E-state index in [-0.39, 0.29) is 12.2 Å². The van der Waals surface area contributed by atoms with Crippen molar-refractivity contribution in [2.75, 3.05) is 19.7 Å². The number of hydrogen-bond acceptors (Lipinski definition) is 3. The van der Waals surface area contributed by atoms with Gasteiger partial charge in [0.25, 0.3) is 0 Å². The average molecular weight is 185 g/mol. The van der Waals surface area contributed by atoms with Crippen LogP contribution in [0.2, 0.25) is 0 Å². The number of rotatable bonds is 3. The van der Waals surface area contributed by atoms with Gasteiger partial charge in [0.2, 0.25) is 0 Å². The van der Waals surface area contributed by atoms with Gasteiger partial charge >= 0.3 is 0 Å². The first-order chi connectivity index (χ1) is 6.22. The van der Waals surface area contributed by atoms with Crippen LogP contribution in [-0.4, -0.2) is 37.0 Å². The molecule has 0 saturated carbocycles. The first-order valence-corrected chi connectivity index (χ1v) is 4.87. The van der Waals surface area contributed by atoms with Crippen molar-refractivity contribution in [2.24, 2.45) is 0 Å². The lowest BCUT2D eigenvalue weighted by Gasteiger charge is -2.34. The van der Waals surface area contributed by atoms with Crippen LogP contribution in [0.15, 0.2) is 12.2 Å². The van der Waals surface area contributed by atoms with E-state index in [1.54, 1.807) is 0 Å². The van der Waals surface area contributed by atoms with Gasteiger partial charge < -0.3 is 4.74 Å². The quantitative estimate of drug-likeness (QED) is 0.623. The van der Waals surface area contributed by atoms with Crippen LogP contribution in [0.4, 0.5) is 0 Å². The van der Waals surface area contributed by atoms with Crippen LogP contribution < -0.4 is 0 Å². The van der Waals surface area contributed by atoms with Gasteiger partial charge in [-0.05, 0) is 20.8 Å². The minimum Gasteiger partial charge on any atom is -0.373 e. The fraction of sp³-hybridized carbons (Fsp3) is 0.800. The Kier molecular flexibility index (Phi) is 4.42. The molecule has 1 aliphatic rings. The van der Waals surface area contributed by atoms with Crippen LogP contribution in [-0.2, 0) is 9.57 Å². The minimum atomic E-state index is 0.273. The Morgan fingerprint density at radius 3 is 2.54 bits per heavy atom. The Balaban J connectivity index is 2.24. The lowest BCUT2D eigenvalue weighted by Crippen LogP contribution is -2.45. The number of hydroxylamine groups is 2. The highest BCUT2D eigenvalue weighted by Crippen LogP contribution is 2.10. The van der Waals surface area contributed by atoms with E-state index in [2.05, 4.69) is 13.8 Å². The van der Waals surface area contributed by atoms with Crippen molar-refractivity contribution in [1.29, 1.82) is 0 Å². The number of hydrogen-bond donors (Lipinski definition) is 0. The Morgan fingerprint density at radius 2 is 2.00 bits per heavy atom. The smallest absolute Gasteiger partial charge is 0.0866 e. The third-order valence-electron chi connectivity index (χ3n) is 1.98. The molecule has 0 aromatic carbocycles. The molecule has 0 radical (unpaired) electrons. The van der Waals surface area contributed by atoms with E-state index < -0.39 is 0 Å². The zero-order valence-corrected chi connectivity index (χ0v) is 8.69. The summed E-state index contributed by atoms with van der Waals surface area (Å²) in [5.41, 5.74) is 0. The highest BCUT2D eigenvalue weighted by atomic mass is 16.7. The van der Waals surface area contributed by atoms with Crippen LogP contribution in [0.3, 0.4) is 0 Å². The van der Waals surface area contributed by atoms with Crippen LogP contribution in [0.5, 0.6) is 0 Å². The molecule has 0 aliphatic carbocycles. The molecule has 3 heteroatoms. The molecular weight excluding hydrogens is 166 g/mol. The zero-order chi connectivity index (χ0) is 9.68. The normalized spacial score (nSPS) is 31.3. The molecule has 0 bridgehead atoms. The van der Waals surface area contributed by atoms with Gasteiger partial charge in [-0.2, -0.15) is 5.06 Å². The van der Waals surface area contributed by atoms with Crippen LogP contribution in [0.1, 0.15) is 20.8 Å². The molecule has 1 fully saturated rings. The molecule has 0 amide bonds. The summed E-state index contributed by atoms with van der Waals surface area (Å²) >= 11 is 0. The third-order valence-corrected chi connectivity index (χ3v) is 1.98. The minimum absolute atomic E-state index is 0.273. The standard InChI is InChI=1S/C10H19NO2/c1-4-5-6-12-11-7-9(2)13-10(3)8-11/h4-5,9-10H,6-8H2,1-3H3. The van der Waals surface area contributed by atoms with Gasteiger partial charge in [0.1, 0.15) is 0 Å². The zero-order valence-electron chi connectivity index (χ0n) is 8.69. The maximum Gasteiger partial charge on any atom is 0.0866 e. The summed E-state index contributed by atoms with van der Waals surface area (Å²) in [5.74, 6) is 0. The lowest BCUT2D eigenvalue weighted by molar-refractivity contribution is -0.219. The van der Waals surface area contributed by atoms with Crippen molar-refractivity contribution >= 4 is 0 Å².